The van der Waals surface area contributed by atoms with Gasteiger partial charge in [0.15, 0.2) is 0 Å². The number of anilines is 1. The maximum Gasteiger partial charge on any atom is 0.226 e. The van der Waals surface area contributed by atoms with Gasteiger partial charge in [-0.1, -0.05) is 18.2 Å². The van der Waals surface area contributed by atoms with Gasteiger partial charge in [-0.05, 0) is 30.9 Å². The van der Waals surface area contributed by atoms with Crippen LogP contribution in [0.3, 0.4) is 0 Å². The third-order valence-electron chi connectivity index (χ3n) is 4.50. The molecule has 0 spiro atoms. The van der Waals surface area contributed by atoms with Crippen molar-refractivity contribution >= 4 is 5.95 Å². The maximum absolute atomic E-state index is 9.52. The van der Waals surface area contributed by atoms with Gasteiger partial charge in [0, 0.05) is 36.5 Å². The standard InChI is InChI=1S/C17H20N4O/c18-8-11-3-1-4-12(7-11)16-14-5-2-6-15(14)19-17(20-16)21-9-13(22)10-21/h1,3-4,7,13,22H,2,5-6,8-10,18H2. The van der Waals surface area contributed by atoms with Crippen molar-refractivity contribution in [3.63, 3.8) is 0 Å². The van der Waals surface area contributed by atoms with Crippen molar-refractivity contribution in [1.82, 2.24) is 9.97 Å². The Hall–Kier alpha value is -1.98. The minimum absolute atomic E-state index is 0.249. The molecule has 5 heteroatoms. The van der Waals surface area contributed by atoms with Gasteiger partial charge in [0.25, 0.3) is 0 Å². The summed E-state index contributed by atoms with van der Waals surface area (Å²) in [6.45, 7) is 1.79. The molecule has 0 unspecified atom stereocenters. The lowest BCUT2D eigenvalue weighted by molar-refractivity contribution is 0.140. The van der Waals surface area contributed by atoms with Crippen LogP contribution in [0.4, 0.5) is 5.95 Å². The van der Waals surface area contributed by atoms with Crippen molar-refractivity contribution in [3.05, 3.63) is 41.1 Å². The number of benzene rings is 1. The number of aryl methyl sites for hydroxylation is 1. The number of aromatic nitrogens is 2. The lowest BCUT2D eigenvalue weighted by atomic mass is 10.0. The molecule has 1 aromatic heterocycles. The van der Waals surface area contributed by atoms with Crippen LogP contribution in [0.15, 0.2) is 24.3 Å². The van der Waals surface area contributed by atoms with E-state index in [-0.39, 0.29) is 6.10 Å². The Morgan fingerprint density at radius 1 is 1.23 bits per heavy atom. The van der Waals surface area contributed by atoms with Gasteiger partial charge >= 0.3 is 0 Å². The van der Waals surface area contributed by atoms with Crippen LogP contribution in [0.1, 0.15) is 23.2 Å². The van der Waals surface area contributed by atoms with Crippen LogP contribution in [0.5, 0.6) is 0 Å². The predicted molar refractivity (Wildman–Crippen MR) is 85.6 cm³/mol. The average molecular weight is 296 g/mol. The van der Waals surface area contributed by atoms with Crippen molar-refractivity contribution < 1.29 is 5.11 Å². The van der Waals surface area contributed by atoms with Gasteiger partial charge in [0.1, 0.15) is 0 Å². The second-order valence-corrected chi connectivity index (χ2v) is 6.11. The highest BCUT2D eigenvalue weighted by molar-refractivity contribution is 5.67. The summed E-state index contributed by atoms with van der Waals surface area (Å²) < 4.78 is 0. The van der Waals surface area contributed by atoms with Crippen LogP contribution in [0.25, 0.3) is 11.3 Å². The minimum Gasteiger partial charge on any atom is -0.389 e. The molecule has 5 nitrogen and oxygen atoms in total. The summed E-state index contributed by atoms with van der Waals surface area (Å²) in [6, 6.07) is 8.29. The summed E-state index contributed by atoms with van der Waals surface area (Å²) in [7, 11) is 0. The van der Waals surface area contributed by atoms with Crippen LogP contribution in [-0.2, 0) is 19.4 Å². The highest BCUT2D eigenvalue weighted by Crippen LogP contribution is 2.33. The molecule has 1 aliphatic heterocycles. The maximum atomic E-state index is 9.52. The first-order chi connectivity index (χ1) is 10.7. The smallest absolute Gasteiger partial charge is 0.226 e. The fourth-order valence-corrected chi connectivity index (χ4v) is 3.26. The summed E-state index contributed by atoms with van der Waals surface area (Å²) in [5.74, 6) is 0.749. The Kier molecular flexibility index (Phi) is 3.32. The number of hydrogen-bond acceptors (Lipinski definition) is 5. The van der Waals surface area contributed by atoms with E-state index in [0.29, 0.717) is 19.6 Å². The van der Waals surface area contributed by atoms with Crippen LogP contribution >= 0.6 is 0 Å². The van der Waals surface area contributed by atoms with Crippen molar-refractivity contribution in [2.45, 2.75) is 31.9 Å². The monoisotopic (exact) mass is 296 g/mol. The second-order valence-electron chi connectivity index (χ2n) is 6.11. The van der Waals surface area contributed by atoms with Crippen LogP contribution in [0, 0.1) is 0 Å². The van der Waals surface area contributed by atoms with Crippen molar-refractivity contribution in [1.29, 1.82) is 0 Å². The first-order valence-corrected chi connectivity index (χ1v) is 7.87. The topological polar surface area (TPSA) is 75.3 Å². The van der Waals surface area contributed by atoms with Crippen molar-refractivity contribution in [2.75, 3.05) is 18.0 Å². The van der Waals surface area contributed by atoms with Crippen molar-refractivity contribution in [3.8, 4) is 11.3 Å². The molecule has 0 radical (unpaired) electrons. The van der Waals surface area contributed by atoms with Gasteiger partial charge < -0.3 is 15.7 Å². The molecule has 2 heterocycles. The summed E-state index contributed by atoms with van der Waals surface area (Å²) in [5, 5.41) is 9.52. The van der Waals surface area contributed by atoms with E-state index in [0.717, 1.165) is 42.0 Å². The van der Waals surface area contributed by atoms with E-state index < -0.39 is 0 Å². The molecule has 0 atom stereocenters. The lowest BCUT2D eigenvalue weighted by Gasteiger charge is -2.36. The van der Waals surface area contributed by atoms with E-state index in [1.807, 2.05) is 17.0 Å². The molecule has 0 amide bonds. The summed E-state index contributed by atoms with van der Waals surface area (Å²) in [5.41, 5.74) is 11.5. The molecule has 1 aliphatic carbocycles. The molecule has 1 aromatic carbocycles. The molecule has 0 bridgehead atoms. The second kappa shape index (κ2) is 5.34. The Morgan fingerprint density at radius 2 is 2.09 bits per heavy atom. The quantitative estimate of drug-likeness (QED) is 0.892. The number of β-amino-alcohol motifs (C(OH)–C–C–N with tert-alkyl or cyclic N) is 1. The zero-order valence-electron chi connectivity index (χ0n) is 12.5. The van der Waals surface area contributed by atoms with E-state index in [9.17, 15) is 5.11 Å². The average Bonchev–Trinajstić information content (AvgIpc) is 2.99. The Morgan fingerprint density at radius 3 is 2.86 bits per heavy atom. The fraction of sp³-hybridized carbons (Fsp3) is 0.412. The van der Waals surface area contributed by atoms with E-state index >= 15 is 0 Å². The Balaban J connectivity index is 1.80. The Labute approximate surface area is 129 Å². The normalized spacial score (nSPS) is 17.5. The van der Waals surface area contributed by atoms with Crippen LogP contribution in [-0.4, -0.2) is 34.3 Å². The third kappa shape index (κ3) is 2.26. The predicted octanol–water partition coefficient (Wildman–Crippen LogP) is 1.27. The minimum atomic E-state index is -0.249. The largest absolute Gasteiger partial charge is 0.389 e. The number of fused-ring (bicyclic) bond motifs is 1. The molecule has 2 aliphatic rings. The summed E-state index contributed by atoms with van der Waals surface area (Å²) in [6.07, 6.45) is 2.95. The van der Waals surface area contributed by atoms with Gasteiger partial charge in [0.2, 0.25) is 5.95 Å². The summed E-state index contributed by atoms with van der Waals surface area (Å²) >= 11 is 0. The number of rotatable bonds is 3. The van der Waals surface area contributed by atoms with Crippen LogP contribution in [0.2, 0.25) is 0 Å². The highest BCUT2D eigenvalue weighted by Gasteiger charge is 2.29. The third-order valence-corrected chi connectivity index (χ3v) is 4.50. The molecule has 1 fully saturated rings. The number of aliphatic hydroxyl groups excluding tert-OH is 1. The first kappa shape index (κ1) is 13.7. The molecule has 4 rings (SSSR count). The summed E-state index contributed by atoms with van der Waals surface area (Å²) in [4.78, 5) is 11.6. The number of nitrogens with two attached hydrogens (primary N) is 1. The molecule has 0 saturated carbocycles. The molecule has 114 valence electrons. The molecule has 1 saturated heterocycles. The molecule has 2 aromatic rings. The molecule has 3 N–H and O–H groups in total. The number of nitrogens with zero attached hydrogens (tertiary/aromatic N) is 3. The zero-order valence-corrected chi connectivity index (χ0v) is 12.5. The van der Waals surface area contributed by atoms with E-state index in [1.54, 1.807) is 0 Å². The van der Waals surface area contributed by atoms with Gasteiger partial charge in [-0.3, -0.25) is 0 Å². The van der Waals surface area contributed by atoms with E-state index in [1.165, 1.54) is 11.3 Å². The first-order valence-electron chi connectivity index (χ1n) is 7.87. The lowest BCUT2D eigenvalue weighted by Crippen LogP contribution is -2.51. The molecular formula is C17H20N4O. The highest BCUT2D eigenvalue weighted by atomic mass is 16.3. The number of aliphatic hydroxyl groups is 1. The number of hydrogen-bond donors (Lipinski definition) is 2. The van der Waals surface area contributed by atoms with Gasteiger partial charge in [0.05, 0.1) is 11.8 Å². The van der Waals surface area contributed by atoms with E-state index in [4.69, 9.17) is 15.7 Å². The molecule has 22 heavy (non-hydrogen) atoms. The van der Waals surface area contributed by atoms with E-state index in [2.05, 4.69) is 12.1 Å². The fourth-order valence-electron chi connectivity index (χ4n) is 3.26. The van der Waals surface area contributed by atoms with Gasteiger partial charge in [-0.25, -0.2) is 9.97 Å². The van der Waals surface area contributed by atoms with Crippen molar-refractivity contribution in [2.24, 2.45) is 5.73 Å². The Bertz CT molecular complexity index is 710. The molecular weight excluding hydrogens is 276 g/mol. The zero-order chi connectivity index (χ0) is 15.1. The van der Waals surface area contributed by atoms with Gasteiger partial charge in [-0.15, -0.1) is 0 Å². The van der Waals surface area contributed by atoms with Crippen LogP contribution < -0.4 is 10.6 Å². The SMILES string of the molecule is NCc1cccc(-c2nc(N3CC(O)C3)nc3c2CCC3)c1. The van der Waals surface area contributed by atoms with Gasteiger partial charge in [-0.2, -0.15) is 0 Å².